The molecule has 0 aromatic heterocycles. The van der Waals surface area contributed by atoms with Gasteiger partial charge in [-0.15, -0.1) is 30.3 Å². The van der Waals surface area contributed by atoms with E-state index in [0.29, 0.717) is 0 Å². The summed E-state index contributed by atoms with van der Waals surface area (Å²) in [5.41, 5.74) is 0. The van der Waals surface area contributed by atoms with Crippen LogP contribution in [0.25, 0.3) is 0 Å². The molecule has 0 radical (unpaired) electrons. The second-order valence-corrected chi connectivity index (χ2v) is 3.15. The van der Waals surface area contributed by atoms with E-state index in [-0.39, 0.29) is 0 Å². The Labute approximate surface area is 145 Å². The van der Waals surface area contributed by atoms with E-state index in [2.05, 4.69) is 118 Å². The van der Waals surface area contributed by atoms with Crippen LogP contribution in [0.3, 0.4) is 0 Å². The fraction of sp³-hybridized carbons (Fsp3) is 0.0435. The van der Waals surface area contributed by atoms with Crippen molar-refractivity contribution in [3.63, 3.8) is 0 Å². The van der Waals surface area contributed by atoms with E-state index < -0.39 is 6.71 Å². The van der Waals surface area contributed by atoms with Gasteiger partial charge in [0.2, 0.25) is 0 Å². The molecular formula is C23H5B. The van der Waals surface area contributed by atoms with Gasteiger partial charge in [0.05, 0.1) is 0 Å². The maximum atomic E-state index is 4.96. The minimum Gasteiger partial charge on any atom is -0.106 e. The van der Waals surface area contributed by atoms with Crippen molar-refractivity contribution in [3.8, 4) is 131 Å². The Balaban J connectivity index is 5.30. The molecule has 1 heteroatoms. The van der Waals surface area contributed by atoms with Crippen molar-refractivity contribution in [1.82, 2.24) is 0 Å². The molecular weight excluding hydrogens is 287 g/mol. The molecule has 0 atom stereocenters. The zero-order chi connectivity index (χ0) is 17.7. The van der Waals surface area contributed by atoms with E-state index in [1.54, 1.807) is 6.92 Å². The summed E-state index contributed by atoms with van der Waals surface area (Å²) in [4.78, 5) is 0. The van der Waals surface area contributed by atoms with Crippen molar-refractivity contribution >= 4 is 6.71 Å². The molecule has 0 saturated heterocycles. The number of terminal acetylenes is 2. The van der Waals surface area contributed by atoms with E-state index in [9.17, 15) is 0 Å². The van der Waals surface area contributed by atoms with Crippen LogP contribution in [0, 0.1) is 131 Å². The van der Waals surface area contributed by atoms with Crippen molar-refractivity contribution in [3.05, 3.63) is 0 Å². The molecule has 0 fully saturated rings. The molecule has 0 aliphatic heterocycles. The average molecular weight is 292 g/mol. The van der Waals surface area contributed by atoms with Crippen LogP contribution < -0.4 is 0 Å². The third kappa shape index (κ3) is 13.7. The van der Waals surface area contributed by atoms with Crippen molar-refractivity contribution in [2.24, 2.45) is 0 Å². The van der Waals surface area contributed by atoms with Crippen LogP contribution in [-0.4, -0.2) is 6.71 Å². The molecule has 0 N–H and O–H groups in total. The minimum atomic E-state index is -0.571. The van der Waals surface area contributed by atoms with Gasteiger partial charge in [0.25, 0.3) is 0 Å². The summed E-state index contributed by atoms with van der Waals surface area (Å²) in [7, 11) is 0. The summed E-state index contributed by atoms with van der Waals surface area (Å²) in [6.45, 7) is 1.12. The van der Waals surface area contributed by atoms with Gasteiger partial charge in [0.15, 0.2) is 0 Å². The normalized spacial score (nSPS) is 4.29. The van der Waals surface area contributed by atoms with Gasteiger partial charge in [-0.25, -0.2) is 0 Å². The number of rotatable bonds is 0. The highest BCUT2D eigenvalue weighted by atomic mass is 13.6. The van der Waals surface area contributed by atoms with Crippen LogP contribution in [0.5, 0.6) is 0 Å². The predicted octanol–water partition coefficient (Wildman–Crippen LogP) is 0.416. The molecule has 0 aliphatic carbocycles. The lowest BCUT2D eigenvalue weighted by Crippen LogP contribution is -2.03. The first-order chi connectivity index (χ1) is 11.8. The molecule has 100 valence electrons. The Bertz CT molecular complexity index is 1050. The fourth-order valence-corrected chi connectivity index (χ4v) is 0.818. The van der Waals surface area contributed by atoms with E-state index in [1.165, 1.54) is 0 Å². The fourth-order valence-electron chi connectivity index (χ4n) is 0.818. The summed E-state index contributed by atoms with van der Waals surface area (Å²) in [6.07, 6.45) is 9.92. The summed E-state index contributed by atoms with van der Waals surface area (Å²) >= 11 is 0. The largest absolute Gasteiger partial charge is 0.398 e. The van der Waals surface area contributed by atoms with Gasteiger partial charge in [-0.05, 0) is 102 Å². The maximum Gasteiger partial charge on any atom is 0.398 e. The number of hydrogen-bond donors (Lipinski definition) is 0. The van der Waals surface area contributed by atoms with Gasteiger partial charge in [-0.1, -0.05) is 5.92 Å². The smallest absolute Gasteiger partial charge is 0.106 e. The summed E-state index contributed by atoms with van der Waals surface area (Å²) in [5, 5.41) is 0. The van der Waals surface area contributed by atoms with E-state index in [1.807, 2.05) is 0 Å². The van der Waals surface area contributed by atoms with Crippen LogP contribution in [0.4, 0.5) is 0 Å². The molecule has 0 bridgehead atoms. The lowest BCUT2D eigenvalue weighted by molar-refractivity contribution is 1.92. The topological polar surface area (TPSA) is 0 Å². The SMILES string of the molecule is C#CC#CC#CC#CB(C#CC#CC#CC)C#CC#CC#CC#C. The Morgan fingerprint density at radius 1 is 0.458 bits per heavy atom. The molecule has 0 nitrogen and oxygen atoms in total. The molecule has 0 heterocycles. The van der Waals surface area contributed by atoms with E-state index >= 15 is 0 Å². The predicted molar refractivity (Wildman–Crippen MR) is 99.1 cm³/mol. The zero-order valence-electron chi connectivity index (χ0n) is 12.7. The van der Waals surface area contributed by atoms with Gasteiger partial charge in [0, 0.05) is 0 Å². The average Bonchev–Trinajstić information content (AvgIpc) is 2.60. The molecule has 0 aromatic carbocycles. The molecule has 24 heavy (non-hydrogen) atoms. The highest BCUT2D eigenvalue weighted by Gasteiger charge is 2.00. The summed E-state index contributed by atoms with van der Waals surface area (Å²) < 4.78 is 0. The second-order valence-electron chi connectivity index (χ2n) is 3.15. The van der Waals surface area contributed by atoms with Crippen molar-refractivity contribution < 1.29 is 0 Å². The molecule has 0 unspecified atom stereocenters. The van der Waals surface area contributed by atoms with Crippen LogP contribution in [0.15, 0.2) is 0 Å². The standard InChI is InChI=1S/C23H5B/c1-4-7-10-13-16-19-22-24(21-18-15-12-9-6-3)23-20-17-14-11-8-5-2/h1-2H,3H3. The Kier molecular flexibility index (Phi) is 13.0. The van der Waals surface area contributed by atoms with Gasteiger partial charge in [-0.3, -0.25) is 0 Å². The highest BCUT2D eigenvalue weighted by molar-refractivity contribution is 6.82. The van der Waals surface area contributed by atoms with Gasteiger partial charge in [-0.2, -0.15) is 0 Å². The monoisotopic (exact) mass is 292 g/mol. The molecule has 0 amide bonds. The van der Waals surface area contributed by atoms with Gasteiger partial charge in [0.1, 0.15) is 0 Å². The Morgan fingerprint density at radius 3 is 1.17 bits per heavy atom. The lowest BCUT2D eigenvalue weighted by atomic mass is 9.52. The van der Waals surface area contributed by atoms with Gasteiger partial charge < -0.3 is 0 Å². The molecule has 0 aromatic rings. The molecule has 0 spiro atoms. The first-order valence-corrected chi connectivity index (χ1v) is 6.19. The molecule has 0 aliphatic rings. The van der Waals surface area contributed by atoms with Crippen LogP contribution in [0.2, 0.25) is 0 Å². The third-order valence-electron chi connectivity index (χ3n) is 1.61. The van der Waals surface area contributed by atoms with Crippen molar-refractivity contribution in [1.29, 1.82) is 0 Å². The van der Waals surface area contributed by atoms with Crippen LogP contribution in [-0.2, 0) is 0 Å². The van der Waals surface area contributed by atoms with Crippen molar-refractivity contribution in [2.45, 2.75) is 6.92 Å². The van der Waals surface area contributed by atoms with Crippen molar-refractivity contribution in [2.75, 3.05) is 0 Å². The van der Waals surface area contributed by atoms with E-state index in [0.717, 1.165) is 0 Å². The first kappa shape index (κ1) is 19.2. The lowest BCUT2D eigenvalue weighted by Gasteiger charge is -1.78. The molecule has 0 saturated carbocycles. The van der Waals surface area contributed by atoms with Gasteiger partial charge >= 0.3 is 6.71 Å². The minimum absolute atomic E-state index is 0.571. The summed E-state index contributed by atoms with van der Waals surface area (Å²) in [6, 6.07) is 0. The molecule has 0 rings (SSSR count). The Hall–Kier alpha value is -4.78. The van der Waals surface area contributed by atoms with Crippen LogP contribution >= 0.6 is 0 Å². The van der Waals surface area contributed by atoms with Crippen LogP contribution in [0.1, 0.15) is 6.92 Å². The summed E-state index contributed by atoms with van der Waals surface area (Å²) in [5.74, 6) is 50.3. The first-order valence-electron chi connectivity index (χ1n) is 6.19. The quantitative estimate of drug-likeness (QED) is 0.448. The highest BCUT2D eigenvalue weighted by Crippen LogP contribution is 1.75. The maximum absolute atomic E-state index is 4.96. The Morgan fingerprint density at radius 2 is 0.792 bits per heavy atom. The number of hydrogen-bond acceptors (Lipinski definition) is 0. The van der Waals surface area contributed by atoms with E-state index in [4.69, 9.17) is 12.8 Å². The third-order valence-corrected chi connectivity index (χ3v) is 1.61. The second kappa shape index (κ2) is 16.3. The zero-order valence-corrected chi connectivity index (χ0v) is 12.7.